The van der Waals surface area contributed by atoms with Crippen LogP contribution in [0, 0.1) is 0 Å². The predicted octanol–water partition coefficient (Wildman–Crippen LogP) is 1.27. The summed E-state index contributed by atoms with van der Waals surface area (Å²) in [6.07, 6.45) is 3.29. The molecule has 70 valence electrons. The number of aliphatic hydroxyl groups is 1. The highest BCUT2D eigenvalue weighted by Gasteiger charge is 2.21. The summed E-state index contributed by atoms with van der Waals surface area (Å²) in [7, 11) is 0. The quantitative estimate of drug-likeness (QED) is 0.513. The second kappa shape index (κ2) is 4.93. The molecule has 0 rings (SSSR count). The van der Waals surface area contributed by atoms with Gasteiger partial charge in [-0.15, -0.1) is 0 Å². The van der Waals surface area contributed by atoms with Gasteiger partial charge in [0.1, 0.15) is 0 Å². The van der Waals surface area contributed by atoms with Gasteiger partial charge in [-0.05, 0) is 20.8 Å². The van der Waals surface area contributed by atoms with Gasteiger partial charge in [0.05, 0.1) is 18.6 Å². The second-order valence-corrected chi connectivity index (χ2v) is 2.84. The first kappa shape index (κ1) is 11.2. The van der Waals surface area contributed by atoms with E-state index in [0.717, 1.165) is 0 Å². The molecule has 0 heterocycles. The van der Waals surface area contributed by atoms with E-state index in [1.807, 2.05) is 0 Å². The molecule has 1 atom stereocenters. The van der Waals surface area contributed by atoms with Crippen molar-refractivity contribution in [2.75, 3.05) is 6.61 Å². The van der Waals surface area contributed by atoms with Crippen LogP contribution in [0.25, 0.3) is 0 Å². The van der Waals surface area contributed by atoms with Gasteiger partial charge in [-0.3, -0.25) is 4.79 Å². The van der Waals surface area contributed by atoms with Crippen molar-refractivity contribution in [3.63, 3.8) is 0 Å². The lowest BCUT2D eigenvalue weighted by Gasteiger charge is -2.16. The largest absolute Gasteiger partial charge is 0.466 e. The highest BCUT2D eigenvalue weighted by molar-refractivity contribution is 5.71. The van der Waals surface area contributed by atoms with Crippen LogP contribution in [-0.2, 0) is 9.53 Å². The Hall–Kier alpha value is -0.830. The molecule has 3 nitrogen and oxygen atoms in total. The number of rotatable bonds is 4. The fraction of sp³-hybridized carbons (Fsp3) is 0.667. The average molecular weight is 172 g/mol. The molecule has 0 aliphatic heterocycles. The van der Waals surface area contributed by atoms with Crippen LogP contribution in [0.1, 0.15) is 27.2 Å². The van der Waals surface area contributed by atoms with Crippen LogP contribution in [0.5, 0.6) is 0 Å². The molecule has 0 saturated heterocycles. The summed E-state index contributed by atoms with van der Waals surface area (Å²) in [5.41, 5.74) is -1.08. The zero-order valence-corrected chi connectivity index (χ0v) is 7.83. The van der Waals surface area contributed by atoms with Crippen LogP contribution in [-0.4, -0.2) is 23.3 Å². The third-order valence-corrected chi connectivity index (χ3v) is 1.33. The molecule has 0 aromatic rings. The van der Waals surface area contributed by atoms with Crippen LogP contribution in [0.3, 0.4) is 0 Å². The van der Waals surface area contributed by atoms with E-state index in [0.29, 0.717) is 6.61 Å². The Morgan fingerprint density at radius 1 is 1.67 bits per heavy atom. The van der Waals surface area contributed by atoms with Crippen molar-refractivity contribution >= 4 is 5.97 Å². The third-order valence-electron chi connectivity index (χ3n) is 1.33. The van der Waals surface area contributed by atoms with Crippen molar-refractivity contribution in [2.24, 2.45) is 0 Å². The number of allylic oxidation sites excluding steroid dienone is 1. The Balaban J connectivity index is 3.96. The maximum absolute atomic E-state index is 10.9. The van der Waals surface area contributed by atoms with E-state index < -0.39 is 5.60 Å². The molecule has 0 aromatic heterocycles. The standard InChI is InChI=1S/C9H16O3/c1-4-6-9(3,11)7-8(10)12-5-2/h4,6,11H,5,7H2,1-3H3/b6-4+/t9-/m0/s1. The molecule has 0 radical (unpaired) electrons. The minimum atomic E-state index is -1.08. The molecule has 12 heavy (non-hydrogen) atoms. The predicted molar refractivity (Wildman–Crippen MR) is 46.7 cm³/mol. The van der Waals surface area contributed by atoms with Crippen molar-refractivity contribution in [2.45, 2.75) is 32.8 Å². The Labute approximate surface area is 73.0 Å². The van der Waals surface area contributed by atoms with Gasteiger partial charge in [-0.2, -0.15) is 0 Å². The van der Waals surface area contributed by atoms with Crippen molar-refractivity contribution in [3.8, 4) is 0 Å². The lowest BCUT2D eigenvalue weighted by molar-refractivity contribution is -0.146. The van der Waals surface area contributed by atoms with Gasteiger partial charge in [0, 0.05) is 0 Å². The fourth-order valence-electron chi connectivity index (χ4n) is 0.922. The number of ether oxygens (including phenoxy) is 1. The van der Waals surface area contributed by atoms with Crippen LogP contribution in [0.2, 0.25) is 0 Å². The molecule has 0 amide bonds. The van der Waals surface area contributed by atoms with E-state index in [4.69, 9.17) is 4.74 Å². The number of carbonyl (C=O) groups is 1. The molecule has 0 fully saturated rings. The SMILES string of the molecule is C/C=C/[C@](C)(O)CC(=O)OCC. The lowest BCUT2D eigenvalue weighted by atomic mass is 10.0. The van der Waals surface area contributed by atoms with E-state index in [2.05, 4.69) is 0 Å². The van der Waals surface area contributed by atoms with E-state index in [1.54, 1.807) is 32.9 Å². The monoisotopic (exact) mass is 172 g/mol. The molecule has 0 spiro atoms. The highest BCUT2D eigenvalue weighted by Crippen LogP contribution is 2.11. The minimum absolute atomic E-state index is 0.00514. The molecule has 0 saturated carbocycles. The topological polar surface area (TPSA) is 46.5 Å². The first-order chi connectivity index (χ1) is 5.52. The molecule has 0 aliphatic rings. The molecule has 3 heteroatoms. The van der Waals surface area contributed by atoms with Gasteiger partial charge in [-0.1, -0.05) is 12.2 Å². The summed E-state index contributed by atoms with van der Waals surface area (Å²) in [5.74, 6) is -0.374. The van der Waals surface area contributed by atoms with Crippen molar-refractivity contribution in [1.82, 2.24) is 0 Å². The van der Waals surface area contributed by atoms with Crippen molar-refractivity contribution < 1.29 is 14.6 Å². The van der Waals surface area contributed by atoms with E-state index >= 15 is 0 Å². The summed E-state index contributed by atoms with van der Waals surface area (Å²) >= 11 is 0. The number of hydrogen-bond donors (Lipinski definition) is 1. The molecule has 0 unspecified atom stereocenters. The van der Waals surface area contributed by atoms with Crippen LogP contribution in [0.4, 0.5) is 0 Å². The smallest absolute Gasteiger partial charge is 0.309 e. The molecule has 1 N–H and O–H groups in total. The Morgan fingerprint density at radius 3 is 2.67 bits per heavy atom. The average Bonchev–Trinajstić information content (AvgIpc) is 1.85. The number of hydrogen-bond acceptors (Lipinski definition) is 3. The van der Waals surface area contributed by atoms with Crippen LogP contribution in [0.15, 0.2) is 12.2 Å². The normalized spacial score (nSPS) is 16.0. The van der Waals surface area contributed by atoms with Crippen LogP contribution >= 0.6 is 0 Å². The van der Waals surface area contributed by atoms with Gasteiger partial charge in [-0.25, -0.2) is 0 Å². The van der Waals surface area contributed by atoms with Crippen molar-refractivity contribution in [1.29, 1.82) is 0 Å². The van der Waals surface area contributed by atoms with Gasteiger partial charge in [0.15, 0.2) is 0 Å². The van der Waals surface area contributed by atoms with Crippen LogP contribution < -0.4 is 0 Å². The summed E-state index contributed by atoms with van der Waals surface area (Å²) in [6.45, 7) is 5.45. The molecule has 0 aliphatic carbocycles. The van der Waals surface area contributed by atoms with Crippen molar-refractivity contribution in [3.05, 3.63) is 12.2 Å². The molecule has 0 aromatic carbocycles. The fourth-order valence-corrected chi connectivity index (χ4v) is 0.922. The molecular formula is C9H16O3. The molecular weight excluding hydrogens is 156 g/mol. The number of esters is 1. The molecule has 0 bridgehead atoms. The van der Waals surface area contributed by atoms with Gasteiger partial charge in [0.25, 0.3) is 0 Å². The Kier molecular flexibility index (Phi) is 4.59. The van der Waals surface area contributed by atoms with Gasteiger partial charge in [0.2, 0.25) is 0 Å². The summed E-state index contributed by atoms with van der Waals surface area (Å²) in [6, 6.07) is 0. The maximum atomic E-state index is 10.9. The van der Waals surface area contributed by atoms with Gasteiger partial charge < -0.3 is 9.84 Å². The second-order valence-electron chi connectivity index (χ2n) is 2.84. The first-order valence-corrected chi connectivity index (χ1v) is 4.03. The lowest BCUT2D eigenvalue weighted by Crippen LogP contribution is -2.26. The van der Waals surface area contributed by atoms with E-state index in [-0.39, 0.29) is 12.4 Å². The summed E-state index contributed by atoms with van der Waals surface area (Å²) < 4.78 is 4.69. The highest BCUT2D eigenvalue weighted by atomic mass is 16.5. The summed E-state index contributed by atoms with van der Waals surface area (Å²) in [4.78, 5) is 10.9. The third kappa shape index (κ3) is 4.91. The zero-order chi connectivity index (χ0) is 9.61. The minimum Gasteiger partial charge on any atom is -0.466 e. The van der Waals surface area contributed by atoms with E-state index in [9.17, 15) is 9.90 Å². The zero-order valence-electron chi connectivity index (χ0n) is 7.83. The first-order valence-electron chi connectivity index (χ1n) is 4.03. The maximum Gasteiger partial charge on any atom is 0.309 e. The Morgan fingerprint density at radius 2 is 2.25 bits per heavy atom. The Bertz CT molecular complexity index is 171. The van der Waals surface area contributed by atoms with Gasteiger partial charge >= 0.3 is 5.97 Å². The summed E-state index contributed by atoms with van der Waals surface area (Å²) in [5, 5.41) is 9.52. The van der Waals surface area contributed by atoms with E-state index in [1.165, 1.54) is 0 Å². The number of carbonyl (C=O) groups excluding carboxylic acids is 1.